The molecule has 0 bridgehead atoms. The Kier molecular flexibility index (Phi) is 5.96. The highest BCUT2D eigenvalue weighted by molar-refractivity contribution is 5.83. The van der Waals surface area contributed by atoms with Crippen molar-refractivity contribution in [1.82, 2.24) is 10.2 Å². The molecule has 1 saturated heterocycles. The van der Waals surface area contributed by atoms with Gasteiger partial charge in [0.15, 0.2) is 0 Å². The van der Waals surface area contributed by atoms with Gasteiger partial charge in [-0.1, -0.05) is 42.5 Å². The molecule has 1 aliphatic rings. The van der Waals surface area contributed by atoms with Crippen LogP contribution in [0.15, 0.2) is 48.5 Å². The zero-order valence-corrected chi connectivity index (χ0v) is 15.4. The molecule has 1 aliphatic heterocycles. The molecule has 1 fully saturated rings. The number of likely N-dealkylation sites (tertiary alicyclic amines) is 1. The van der Waals surface area contributed by atoms with Crippen LogP contribution >= 0.6 is 0 Å². The molecule has 0 spiro atoms. The quantitative estimate of drug-likeness (QED) is 0.821. The van der Waals surface area contributed by atoms with E-state index < -0.39 is 12.0 Å². The lowest BCUT2D eigenvalue weighted by Crippen LogP contribution is -2.48. The number of ether oxygens (including phenoxy) is 1. The van der Waals surface area contributed by atoms with E-state index in [4.69, 9.17) is 4.74 Å². The number of methoxy groups -OCH3 is 1. The van der Waals surface area contributed by atoms with Crippen molar-refractivity contribution in [3.63, 3.8) is 0 Å². The molecule has 3 rings (SSSR count). The normalized spacial score (nSPS) is 14.6. The van der Waals surface area contributed by atoms with E-state index in [0.29, 0.717) is 13.1 Å². The molecule has 0 saturated carbocycles. The molecule has 6 heteroatoms. The Morgan fingerprint density at radius 3 is 2.41 bits per heavy atom. The lowest BCUT2D eigenvalue weighted by atomic mass is 10.00. The first kappa shape index (κ1) is 18.8. The maximum Gasteiger partial charge on any atom is 0.326 e. The molecule has 142 valence electrons. The van der Waals surface area contributed by atoms with Crippen LogP contribution in [-0.2, 0) is 11.2 Å². The topological polar surface area (TPSA) is 78.9 Å². The minimum absolute atomic E-state index is 0.237. The number of carboxylic acids is 1. The fourth-order valence-electron chi connectivity index (χ4n) is 3.30. The summed E-state index contributed by atoms with van der Waals surface area (Å²) in [5, 5.41) is 12.1. The average Bonchev–Trinajstić information content (AvgIpc) is 3.23. The van der Waals surface area contributed by atoms with Crippen molar-refractivity contribution >= 4 is 12.0 Å². The Bertz CT molecular complexity index is 798. The Balaban J connectivity index is 1.69. The number of hydrogen-bond acceptors (Lipinski definition) is 3. The number of carboxylic acid groups (broad SMARTS) is 1. The molecule has 1 heterocycles. The van der Waals surface area contributed by atoms with Crippen LogP contribution in [0, 0.1) is 0 Å². The van der Waals surface area contributed by atoms with E-state index in [0.717, 1.165) is 35.3 Å². The first-order chi connectivity index (χ1) is 13.1. The average molecular weight is 368 g/mol. The van der Waals surface area contributed by atoms with Crippen LogP contribution in [-0.4, -0.2) is 48.2 Å². The van der Waals surface area contributed by atoms with Crippen molar-refractivity contribution in [3.8, 4) is 16.9 Å². The summed E-state index contributed by atoms with van der Waals surface area (Å²) in [5.74, 6) is -0.247. The summed E-state index contributed by atoms with van der Waals surface area (Å²) in [4.78, 5) is 25.4. The van der Waals surface area contributed by atoms with Crippen LogP contribution in [0.2, 0.25) is 0 Å². The molecule has 2 amide bonds. The van der Waals surface area contributed by atoms with Crippen molar-refractivity contribution in [2.75, 3.05) is 20.2 Å². The lowest BCUT2D eigenvalue weighted by molar-refractivity contribution is -0.139. The van der Waals surface area contributed by atoms with E-state index in [1.165, 1.54) is 0 Å². The van der Waals surface area contributed by atoms with Gasteiger partial charge in [0.2, 0.25) is 0 Å². The van der Waals surface area contributed by atoms with E-state index >= 15 is 0 Å². The molecule has 2 aromatic carbocycles. The number of amides is 2. The second-order valence-electron chi connectivity index (χ2n) is 6.64. The van der Waals surface area contributed by atoms with E-state index in [9.17, 15) is 14.7 Å². The minimum atomic E-state index is -1.03. The van der Waals surface area contributed by atoms with Crippen LogP contribution in [0.3, 0.4) is 0 Å². The summed E-state index contributed by atoms with van der Waals surface area (Å²) in [7, 11) is 1.63. The summed E-state index contributed by atoms with van der Waals surface area (Å²) in [6.45, 7) is 1.37. The van der Waals surface area contributed by atoms with Gasteiger partial charge in [-0.3, -0.25) is 0 Å². The Hall–Kier alpha value is -3.02. The monoisotopic (exact) mass is 368 g/mol. The van der Waals surface area contributed by atoms with Crippen LogP contribution in [0.1, 0.15) is 18.4 Å². The number of carbonyl (C=O) groups excluding carboxylic acids is 1. The fraction of sp³-hybridized carbons (Fsp3) is 0.333. The summed E-state index contributed by atoms with van der Waals surface area (Å²) in [6.07, 6.45) is 2.17. The molecule has 0 radical (unpaired) electrons. The molecule has 6 nitrogen and oxygen atoms in total. The zero-order chi connectivity index (χ0) is 19.2. The summed E-state index contributed by atoms with van der Waals surface area (Å²) in [6, 6.07) is 14.1. The molecular weight excluding hydrogens is 344 g/mol. The summed E-state index contributed by atoms with van der Waals surface area (Å²) in [5.41, 5.74) is 2.82. The Labute approximate surface area is 158 Å². The lowest BCUT2D eigenvalue weighted by Gasteiger charge is -2.20. The van der Waals surface area contributed by atoms with Gasteiger partial charge in [-0.05, 0) is 30.0 Å². The Morgan fingerprint density at radius 1 is 1.11 bits per heavy atom. The number of benzene rings is 2. The second-order valence-corrected chi connectivity index (χ2v) is 6.64. The van der Waals surface area contributed by atoms with Crippen LogP contribution in [0.4, 0.5) is 4.79 Å². The van der Waals surface area contributed by atoms with Gasteiger partial charge in [-0.15, -0.1) is 0 Å². The highest BCUT2D eigenvalue weighted by atomic mass is 16.5. The van der Waals surface area contributed by atoms with Crippen molar-refractivity contribution in [2.45, 2.75) is 25.3 Å². The number of rotatable bonds is 6. The number of urea groups is 1. The van der Waals surface area contributed by atoms with E-state index in [1.54, 1.807) is 12.0 Å². The molecule has 0 aromatic heterocycles. The first-order valence-electron chi connectivity index (χ1n) is 9.09. The number of hydrogen-bond donors (Lipinski definition) is 2. The second kappa shape index (κ2) is 8.58. The van der Waals surface area contributed by atoms with Gasteiger partial charge in [0.1, 0.15) is 11.8 Å². The third-order valence-corrected chi connectivity index (χ3v) is 4.80. The van der Waals surface area contributed by atoms with Gasteiger partial charge in [0, 0.05) is 25.1 Å². The molecule has 1 atom stereocenters. The van der Waals surface area contributed by atoms with E-state index in [1.807, 2.05) is 48.5 Å². The van der Waals surface area contributed by atoms with Crippen molar-refractivity contribution < 1.29 is 19.4 Å². The molecule has 0 aliphatic carbocycles. The molecule has 2 N–H and O–H groups in total. The Morgan fingerprint density at radius 2 is 1.78 bits per heavy atom. The number of nitrogens with zero attached hydrogens (tertiary/aromatic N) is 1. The van der Waals surface area contributed by atoms with Gasteiger partial charge in [-0.2, -0.15) is 0 Å². The van der Waals surface area contributed by atoms with Gasteiger partial charge in [-0.25, -0.2) is 9.59 Å². The predicted molar refractivity (Wildman–Crippen MR) is 103 cm³/mol. The number of nitrogens with one attached hydrogen (secondary N) is 1. The highest BCUT2D eigenvalue weighted by Crippen LogP contribution is 2.29. The van der Waals surface area contributed by atoms with E-state index in [-0.39, 0.29) is 12.5 Å². The molecule has 1 unspecified atom stereocenters. The van der Waals surface area contributed by atoms with Gasteiger partial charge in [0.25, 0.3) is 0 Å². The number of carbonyl (C=O) groups is 2. The largest absolute Gasteiger partial charge is 0.496 e. The van der Waals surface area contributed by atoms with Crippen LogP contribution in [0.25, 0.3) is 11.1 Å². The van der Waals surface area contributed by atoms with Crippen LogP contribution < -0.4 is 10.1 Å². The highest BCUT2D eigenvalue weighted by Gasteiger charge is 2.25. The maximum absolute atomic E-state index is 12.2. The third kappa shape index (κ3) is 4.58. The van der Waals surface area contributed by atoms with Gasteiger partial charge < -0.3 is 20.1 Å². The molecular formula is C21H24N2O4. The van der Waals surface area contributed by atoms with Crippen molar-refractivity contribution in [3.05, 3.63) is 54.1 Å². The third-order valence-electron chi connectivity index (χ3n) is 4.80. The first-order valence-corrected chi connectivity index (χ1v) is 9.09. The smallest absolute Gasteiger partial charge is 0.326 e. The van der Waals surface area contributed by atoms with E-state index in [2.05, 4.69) is 5.32 Å². The van der Waals surface area contributed by atoms with Crippen LogP contribution in [0.5, 0.6) is 5.75 Å². The maximum atomic E-state index is 12.2. The SMILES string of the molecule is COc1ccccc1-c1ccc(CC(NC(=O)N2CCCC2)C(=O)O)cc1. The summed E-state index contributed by atoms with van der Waals surface area (Å²) < 4.78 is 5.39. The minimum Gasteiger partial charge on any atom is -0.496 e. The number of para-hydroxylation sites is 1. The van der Waals surface area contributed by atoms with Gasteiger partial charge in [0.05, 0.1) is 7.11 Å². The molecule has 2 aromatic rings. The van der Waals surface area contributed by atoms with Crippen molar-refractivity contribution in [2.24, 2.45) is 0 Å². The predicted octanol–water partition coefficient (Wildman–Crippen LogP) is 3.16. The number of aliphatic carboxylic acids is 1. The fourth-order valence-corrected chi connectivity index (χ4v) is 3.30. The standard InChI is InChI=1S/C21H24N2O4/c1-27-19-7-3-2-6-17(19)16-10-8-15(9-11-16)14-18(20(24)25)22-21(26)23-12-4-5-13-23/h2-3,6-11,18H,4-5,12-14H2,1H3,(H,22,26)(H,24,25). The molecule has 27 heavy (non-hydrogen) atoms. The van der Waals surface area contributed by atoms with Crippen molar-refractivity contribution in [1.29, 1.82) is 0 Å². The van der Waals surface area contributed by atoms with Gasteiger partial charge >= 0.3 is 12.0 Å². The summed E-state index contributed by atoms with van der Waals surface area (Å²) >= 11 is 0. The zero-order valence-electron chi connectivity index (χ0n) is 15.4.